The molecule has 0 aliphatic rings. The van der Waals surface area contributed by atoms with E-state index in [1.165, 1.54) is 35.0 Å². The van der Waals surface area contributed by atoms with Crippen LogP contribution in [0.3, 0.4) is 0 Å². The van der Waals surface area contributed by atoms with Crippen molar-refractivity contribution in [2.45, 2.75) is 12.7 Å². The Labute approximate surface area is 151 Å². The molecule has 0 unspecified atom stereocenters. The molecular formula is C18H14F3N3O3. The maximum atomic E-state index is 12.4. The molecule has 0 saturated heterocycles. The van der Waals surface area contributed by atoms with E-state index in [-0.39, 0.29) is 17.9 Å². The summed E-state index contributed by atoms with van der Waals surface area (Å²) in [7, 11) is 0. The predicted molar refractivity (Wildman–Crippen MR) is 90.6 cm³/mol. The minimum atomic E-state index is -4.44. The average Bonchev–Trinajstić information content (AvgIpc) is 2.65. The Bertz CT molecular complexity index is 1030. The van der Waals surface area contributed by atoms with Crippen LogP contribution in [0.1, 0.15) is 15.9 Å². The van der Waals surface area contributed by atoms with Crippen LogP contribution in [0.25, 0.3) is 5.65 Å². The Hall–Kier alpha value is -3.36. The highest BCUT2D eigenvalue weighted by Crippen LogP contribution is 2.19. The number of halogens is 3. The number of rotatable bonds is 5. The van der Waals surface area contributed by atoms with Crippen molar-refractivity contribution in [3.63, 3.8) is 0 Å². The Morgan fingerprint density at radius 2 is 2.00 bits per heavy atom. The van der Waals surface area contributed by atoms with Crippen LogP contribution in [0.4, 0.5) is 13.2 Å². The molecular weight excluding hydrogens is 363 g/mol. The van der Waals surface area contributed by atoms with Gasteiger partial charge in [0.25, 0.3) is 11.5 Å². The molecule has 9 heteroatoms. The number of aromatic nitrogens is 2. The van der Waals surface area contributed by atoms with Crippen LogP contribution in [-0.2, 0) is 6.54 Å². The van der Waals surface area contributed by atoms with Gasteiger partial charge in [-0.05, 0) is 29.8 Å². The molecule has 0 radical (unpaired) electrons. The van der Waals surface area contributed by atoms with E-state index in [1.807, 2.05) is 0 Å². The quantitative estimate of drug-likeness (QED) is 0.742. The number of nitrogens with one attached hydrogen (secondary N) is 1. The van der Waals surface area contributed by atoms with Gasteiger partial charge in [0, 0.05) is 18.9 Å². The third-order valence-electron chi connectivity index (χ3n) is 3.61. The number of fused-ring (bicyclic) bond motifs is 1. The minimum Gasteiger partial charge on any atom is -0.484 e. The molecule has 1 aromatic carbocycles. The standard InChI is InChI=1S/C18H14F3N3O3/c19-18(20,21)11-27-13-5-3-4-12(8-13)9-23-16(25)14-10-22-15-6-1-2-7-24(15)17(14)26/h1-8,10H,9,11H2,(H,23,25). The maximum Gasteiger partial charge on any atom is 0.422 e. The first kappa shape index (κ1) is 18.4. The lowest BCUT2D eigenvalue weighted by Gasteiger charge is -2.11. The Morgan fingerprint density at radius 1 is 1.19 bits per heavy atom. The van der Waals surface area contributed by atoms with Crippen molar-refractivity contribution >= 4 is 11.6 Å². The lowest BCUT2D eigenvalue weighted by atomic mass is 10.2. The van der Waals surface area contributed by atoms with Crippen LogP contribution in [0.15, 0.2) is 59.7 Å². The molecule has 6 nitrogen and oxygen atoms in total. The van der Waals surface area contributed by atoms with Crippen molar-refractivity contribution in [2.24, 2.45) is 0 Å². The zero-order chi connectivity index (χ0) is 19.4. The molecule has 2 aromatic heterocycles. The first-order chi connectivity index (χ1) is 12.8. The summed E-state index contributed by atoms with van der Waals surface area (Å²) in [6.45, 7) is -1.39. The van der Waals surface area contributed by atoms with Crippen molar-refractivity contribution < 1.29 is 22.7 Å². The van der Waals surface area contributed by atoms with Crippen LogP contribution in [0.2, 0.25) is 0 Å². The Kier molecular flexibility index (Phi) is 5.11. The highest BCUT2D eigenvalue weighted by Gasteiger charge is 2.28. The zero-order valence-electron chi connectivity index (χ0n) is 13.9. The topological polar surface area (TPSA) is 72.7 Å². The normalized spacial score (nSPS) is 11.4. The fourth-order valence-electron chi connectivity index (χ4n) is 2.37. The van der Waals surface area contributed by atoms with E-state index >= 15 is 0 Å². The first-order valence-corrected chi connectivity index (χ1v) is 7.86. The molecule has 0 spiro atoms. The molecule has 1 N–H and O–H groups in total. The van der Waals surface area contributed by atoms with E-state index in [0.717, 1.165) is 0 Å². The highest BCUT2D eigenvalue weighted by molar-refractivity contribution is 5.93. The second-order valence-corrected chi connectivity index (χ2v) is 5.64. The number of hydrogen-bond donors (Lipinski definition) is 1. The van der Waals surface area contributed by atoms with E-state index in [9.17, 15) is 22.8 Å². The number of carbonyl (C=O) groups is 1. The zero-order valence-corrected chi connectivity index (χ0v) is 13.9. The molecule has 27 heavy (non-hydrogen) atoms. The number of benzene rings is 1. The maximum absolute atomic E-state index is 12.4. The number of pyridine rings is 1. The molecule has 2 heterocycles. The summed E-state index contributed by atoms with van der Waals surface area (Å²) in [4.78, 5) is 28.7. The number of carbonyl (C=O) groups excluding carboxylic acids is 1. The average molecular weight is 377 g/mol. The van der Waals surface area contributed by atoms with Crippen molar-refractivity contribution in [2.75, 3.05) is 6.61 Å². The largest absolute Gasteiger partial charge is 0.484 e. The van der Waals surface area contributed by atoms with E-state index in [1.54, 1.807) is 24.3 Å². The lowest BCUT2D eigenvalue weighted by molar-refractivity contribution is -0.153. The molecule has 140 valence electrons. The molecule has 0 aliphatic carbocycles. The third-order valence-corrected chi connectivity index (χ3v) is 3.61. The number of amides is 1. The van der Waals surface area contributed by atoms with Crippen molar-refractivity contribution in [3.05, 3.63) is 76.3 Å². The molecule has 1 amide bonds. The third kappa shape index (κ3) is 4.63. The van der Waals surface area contributed by atoms with Gasteiger partial charge in [-0.1, -0.05) is 18.2 Å². The second kappa shape index (κ2) is 7.48. The van der Waals surface area contributed by atoms with Crippen molar-refractivity contribution in [1.29, 1.82) is 0 Å². The summed E-state index contributed by atoms with van der Waals surface area (Å²) in [6.07, 6.45) is -1.74. The van der Waals surface area contributed by atoms with E-state index in [2.05, 4.69) is 15.0 Å². The van der Waals surface area contributed by atoms with Gasteiger partial charge in [-0.2, -0.15) is 13.2 Å². The van der Waals surface area contributed by atoms with Crippen molar-refractivity contribution in [1.82, 2.24) is 14.7 Å². The Balaban J connectivity index is 1.69. The molecule has 0 atom stereocenters. The van der Waals surface area contributed by atoms with Crippen molar-refractivity contribution in [3.8, 4) is 5.75 Å². The number of hydrogen-bond acceptors (Lipinski definition) is 4. The van der Waals surface area contributed by atoms with Gasteiger partial charge >= 0.3 is 6.18 Å². The lowest BCUT2D eigenvalue weighted by Crippen LogP contribution is -2.31. The van der Waals surface area contributed by atoms with Gasteiger partial charge in [0.15, 0.2) is 6.61 Å². The van der Waals surface area contributed by atoms with Gasteiger partial charge in [-0.25, -0.2) is 4.98 Å². The monoisotopic (exact) mass is 377 g/mol. The number of nitrogens with zero attached hydrogens (tertiary/aromatic N) is 2. The summed E-state index contributed by atoms with van der Waals surface area (Å²) in [5, 5.41) is 2.55. The van der Waals surface area contributed by atoms with Gasteiger partial charge in [0.1, 0.15) is 17.0 Å². The summed E-state index contributed by atoms with van der Waals surface area (Å²) in [6, 6.07) is 10.9. The summed E-state index contributed by atoms with van der Waals surface area (Å²) < 4.78 is 42.6. The highest BCUT2D eigenvalue weighted by atomic mass is 19.4. The molecule has 3 aromatic rings. The summed E-state index contributed by atoms with van der Waals surface area (Å²) in [5.41, 5.74) is 0.286. The van der Waals surface area contributed by atoms with Crippen LogP contribution in [0.5, 0.6) is 5.75 Å². The molecule has 0 bridgehead atoms. The fraction of sp³-hybridized carbons (Fsp3) is 0.167. The van der Waals surface area contributed by atoms with E-state index in [4.69, 9.17) is 0 Å². The van der Waals surface area contributed by atoms with Crippen LogP contribution >= 0.6 is 0 Å². The van der Waals surface area contributed by atoms with Crippen LogP contribution in [0, 0.1) is 0 Å². The van der Waals surface area contributed by atoms with E-state index < -0.39 is 24.2 Å². The van der Waals surface area contributed by atoms with Gasteiger partial charge in [0.2, 0.25) is 0 Å². The smallest absolute Gasteiger partial charge is 0.422 e. The summed E-state index contributed by atoms with van der Waals surface area (Å²) >= 11 is 0. The molecule has 0 fully saturated rings. The minimum absolute atomic E-state index is 0.0129. The SMILES string of the molecule is O=C(NCc1cccc(OCC(F)(F)F)c1)c1cnc2ccccn2c1=O. The predicted octanol–water partition coefficient (Wildman–Crippen LogP) is 2.57. The van der Waals surface area contributed by atoms with Gasteiger partial charge in [-0.15, -0.1) is 0 Å². The number of alkyl halides is 3. The fourth-order valence-corrected chi connectivity index (χ4v) is 2.37. The second-order valence-electron chi connectivity index (χ2n) is 5.64. The molecule has 0 aliphatic heterocycles. The van der Waals surface area contributed by atoms with Crippen LogP contribution in [-0.4, -0.2) is 28.1 Å². The summed E-state index contributed by atoms with van der Waals surface area (Å²) in [5.74, 6) is -0.598. The van der Waals surface area contributed by atoms with Gasteiger partial charge in [-0.3, -0.25) is 14.0 Å². The van der Waals surface area contributed by atoms with Crippen LogP contribution < -0.4 is 15.6 Å². The Morgan fingerprint density at radius 3 is 2.78 bits per heavy atom. The number of ether oxygens (including phenoxy) is 1. The van der Waals surface area contributed by atoms with Gasteiger partial charge in [0.05, 0.1) is 0 Å². The first-order valence-electron chi connectivity index (χ1n) is 7.86. The molecule has 0 saturated carbocycles. The molecule has 3 rings (SSSR count). The van der Waals surface area contributed by atoms with Gasteiger partial charge < -0.3 is 10.1 Å². The van der Waals surface area contributed by atoms with E-state index in [0.29, 0.717) is 11.2 Å².